The number of rotatable bonds is 2. The molecule has 1 atom stereocenters. The lowest BCUT2D eigenvalue weighted by Crippen LogP contribution is -2.49. The van der Waals surface area contributed by atoms with Crippen LogP contribution in [-0.2, 0) is 19.6 Å². The van der Waals surface area contributed by atoms with Crippen LogP contribution in [0.2, 0.25) is 0 Å². The average Bonchev–Trinajstić information content (AvgIpc) is 2.82. The summed E-state index contributed by atoms with van der Waals surface area (Å²) in [5, 5.41) is 5.73. The SMILES string of the molecule is O=C(NC1CCCCNC1=O)C1CCN(C2=NS(=O)(=O)c3ccccc32)CC1. The molecule has 2 amide bonds. The van der Waals surface area contributed by atoms with Gasteiger partial charge in [-0.15, -0.1) is 4.40 Å². The average molecular weight is 404 g/mol. The zero-order chi connectivity index (χ0) is 19.7. The van der Waals surface area contributed by atoms with Crippen molar-refractivity contribution in [2.75, 3.05) is 19.6 Å². The summed E-state index contributed by atoms with van der Waals surface area (Å²) in [5.74, 6) is 0.0901. The van der Waals surface area contributed by atoms with E-state index in [2.05, 4.69) is 15.0 Å². The largest absolute Gasteiger partial charge is 0.355 e. The summed E-state index contributed by atoms with van der Waals surface area (Å²) in [6.07, 6.45) is 3.71. The highest BCUT2D eigenvalue weighted by molar-refractivity contribution is 7.90. The summed E-state index contributed by atoms with van der Waals surface area (Å²) >= 11 is 0. The highest BCUT2D eigenvalue weighted by atomic mass is 32.2. The van der Waals surface area contributed by atoms with Gasteiger partial charge in [-0.25, -0.2) is 0 Å². The van der Waals surface area contributed by atoms with Crippen LogP contribution in [0.1, 0.15) is 37.7 Å². The van der Waals surface area contributed by atoms with Gasteiger partial charge in [-0.1, -0.05) is 12.1 Å². The topological polar surface area (TPSA) is 108 Å². The van der Waals surface area contributed by atoms with Crippen LogP contribution in [0.15, 0.2) is 33.6 Å². The van der Waals surface area contributed by atoms with E-state index in [4.69, 9.17) is 0 Å². The highest BCUT2D eigenvalue weighted by Crippen LogP contribution is 2.29. The van der Waals surface area contributed by atoms with E-state index in [1.807, 2.05) is 4.90 Å². The molecule has 28 heavy (non-hydrogen) atoms. The summed E-state index contributed by atoms with van der Waals surface area (Å²) in [6, 6.07) is 6.37. The second-order valence-corrected chi connectivity index (χ2v) is 9.07. The van der Waals surface area contributed by atoms with E-state index in [1.54, 1.807) is 24.3 Å². The van der Waals surface area contributed by atoms with E-state index in [9.17, 15) is 18.0 Å². The third-order valence-corrected chi connectivity index (χ3v) is 6.95. The minimum absolute atomic E-state index is 0.0944. The molecule has 0 aliphatic carbocycles. The van der Waals surface area contributed by atoms with Gasteiger partial charge in [0, 0.05) is 31.1 Å². The molecule has 1 aromatic carbocycles. The number of sulfonamides is 1. The summed E-state index contributed by atoms with van der Waals surface area (Å²) in [7, 11) is -3.64. The number of amidine groups is 1. The van der Waals surface area contributed by atoms with E-state index in [1.165, 1.54) is 0 Å². The van der Waals surface area contributed by atoms with Crippen molar-refractivity contribution in [1.82, 2.24) is 15.5 Å². The van der Waals surface area contributed by atoms with Crippen molar-refractivity contribution in [2.45, 2.75) is 43.0 Å². The molecule has 2 saturated heterocycles. The number of fused-ring (bicyclic) bond motifs is 1. The van der Waals surface area contributed by atoms with Crippen LogP contribution in [0.4, 0.5) is 0 Å². The maximum absolute atomic E-state index is 12.6. The molecule has 1 aromatic rings. The van der Waals surface area contributed by atoms with Crippen molar-refractivity contribution < 1.29 is 18.0 Å². The lowest BCUT2D eigenvalue weighted by Gasteiger charge is -2.33. The fourth-order valence-electron chi connectivity index (χ4n) is 4.04. The molecule has 0 radical (unpaired) electrons. The predicted molar refractivity (Wildman–Crippen MR) is 103 cm³/mol. The Kier molecular flexibility index (Phi) is 5.09. The molecule has 4 rings (SSSR count). The number of carbonyl (C=O) groups is 2. The molecule has 150 valence electrons. The fraction of sp³-hybridized carbons (Fsp3) is 0.526. The quantitative estimate of drug-likeness (QED) is 0.752. The van der Waals surface area contributed by atoms with Crippen molar-refractivity contribution in [3.63, 3.8) is 0 Å². The van der Waals surface area contributed by atoms with Gasteiger partial charge in [0.15, 0.2) is 5.84 Å². The normalized spacial score (nSPS) is 24.7. The van der Waals surface area contributed by atoms with E-state index < -0.39 is 16.1 Å². The molecule has 0 spiro atoms. The Hall–Kier alpha value is -2.42. The predicted octanol–water partition coefficient (Wildman–Crippen LogP) is 0.632. The van der Waals surface area contributed by atoms with Crippen LogP contribution in [0.25, 0.3) is 0 Å². The van der Waals surface area contributed by atoms with Gasteiger partial charge in [-0.05, 0) is 44.2 Å². The second kappa shape index (κ2) is 7.54. The van der Waals surface area contributed by atoms with E-state index in [0.29, 0.717) is 50.3 Å². The smallest absolute Gasteiger partial charge is 0.285 e. The van der Waals surface area contributed by atoms with Gasteiger partial charge in [-0.2, -0.15) is 8.42 Å². The summed E-state index contributed by atoms with van der Waals surface area (Å²) < 4.78 is 28.4. The van der Waals surface area contributed by atoms with Crippen molar-refractivity contribution >= 4 is 27.7 Å². The van der Waals surface area contributed by atoms with Crippen molar-refractivity contribution in [2.24, 2.45) is 10.3 Å². The van der Waals surface area contributed by atoms with Crippen LogP contribution >= 0.6 is 0 Å². The van der Waals surface area contributed by atoms with Crippen molar-refractivity contribution in [1.29, 1.82) is 0 Å². The molecule has 3 aliphatic rings. The number of hydrogen-bond acceptors (Lipinski definition) is 5. The molecule has 0 aromatic heterocycles. The number of nitrogens with zero attached hydrogens (tertiary/aromatic N) is 2. The molecular formula is C19H24N4O4S. The van der Waals surface area contributed by atoms with Crippen LogP contribution in [-0.4, -0.2) is 56.6 Å². The molecule has 0 saturated carbocycles. The maximum atomic E-state index is 12.6. The van der Waals surface area contributed by atoms with Gasteiger partial charge in [0.05, 0.1) is 0 Å². The van der Waals surface area contributed by atoms with E-state index in [0.717, 1.165) is 12.8 Å². The first-order chi connectivity index (χ1) is 13.5. The highest BCUT2D eigenvalue weighted by Gasteiger charge is 2.35. The van der Waals surface area contributed by atoms with E-state index in [-0.39, 0.29) is 22.6 Å². The Morgan fingerprint density at radius 2 is 1.89 bits per heavy atom. The molecule has 3 aliphatic heterocycles. The Bertz CT molecular complexity index is 920. The third-order valence-electron chi connectivity index (χ3n) is 5.63. The zero-order valence-electron chi connectivity index (χ0n) is 15.6. The summed E-state index contributed by atoms with van der Waals surface area (Å²) in [5.41, 5.74) is 0.625. The van der Waals surface area contributed by atoms with Gasteiger partial charge in [0.25, 0.3) is 10.0 Å². The first-order valence-corrected chi connectivity index (χ1v) is 11.2. The molecule has 9 heteroatoms. The Morgan fingerprint density at radius 3 is 2.68 bits per heavy atom. The summed E-state index contributed by atoms with van der Waals surface area (Å²) in [6.45, 7) is 1.77. The maximum Gasteiger partial charge on any atom is 0.285 e. The number of piperidine rings is 1. The van der Waals surface area contributed by atoms with Gasteiger partial charge >= 0.3 is 0 Å². The molecule has 3 heterocycles. The van der Waals surface area contributed by atoms with Gasteiger partial charge < -0.3 is 15.5 Å². The summed E-state index contributed by atoms with van der Waals surface area (Å²) in [4.78, 5) is 26.8. The fourth-order valence-corrected chi connectivity index (χ4v) is 5.26. The van der Waals surface area contributed by atoms with Crippen molar-refractivity contribution in [3.05, 3.63) is 29.8 Å². The zero-order valence-corrected chi connectivity index (χ0v) is 16.4. The molecule has 1 unspecified atom stereocenters. The number of benzene rings is 1. The molecule has 2 fully saturated rings. The monoisotopic (exact) mass is 404 g/mol. The number of amides is 2. The van der Waals surface area contributed by atoms with Gasteiger partial charge in [0.2, 0.25) is 11.8 Å². The van der Waals surface area contributed by atoms with Crippen LogP contribution in [0, 0.1) is 5.92 Å². The molecule has 8 nitrogen and oxygen atoms in total. The number of nitrogens with one attached hydrogen (secondary N) is 2. The standard InChI is InChI=1S/C19H24N4O4S/c24-18(21-15-6-3-4-10-20-19(15)25)13-8-11-23(12-9-13)17-14-5-1-2-7-16(14)28(26,27)22-17/h1-2,5,7,13,15H,3-4,6,8-12H2,(H,20,25)(H,21,24). The second-order valence-electron chi connectivity index (χ2n) is 7.50. The Labute approximate surface area is 164 Å². The number of carbonyl (C=O) groups excluding carboxylic acids is 2. The van der Waals surface area contributed by atoms with Gasteiger partial charge in [-0.3, -0.25) is 9.59 Å². The Balaban J connectivity index is 1.39. The van der Waals surface area contributed by atoms with Crippen LogP contribution in [0.3, 0.4) is 0 Å². The van der Waals surface area contributed by atoms with Gasteiger partial charge in [0.1, 0.15) is 10.9 Å². The van der Waals surface area contributed by atoms with Crippen LogP contribution < -0.4 is 10.6 Å². The minimum atomic E-state index is -3.64. The first-order valence-electron chi connectivity index (χ1n) is 9.73. The lowest BCUT2D eigenvalue weighted by atomic mass is 9.94. The van der Waals surface area contributed by atoms with Crippen LogP contribution in [0.5, 0.6) is 0 Å². The lowest BCUT2D eigenvalue weighted by molar-refractivity contribution is -0.131. The first kappa shape index (κ1) is 18.9. The number of hydrogen-bond donors (Lipinski definition) is 2. The van der Waals surface area contributed by atoms with Crippen molar-refractivity contribution in [3.8, 4) is 0 Å². The minimum Gasteiger partial charge on any atom is -0.355 e. The third kappa shape index (κ3) is 3.63. The molecular weight excluding hydrogens is 380 g/mol. The molecule has 2 N–H and O–H groups in total. The number of likely N-dealkylation sites (tertiary alicyclic amines) is 1. The Morgan fingerprint density at radius 1 is 1.14 bits per heavy atom. The molecule has 0 bridgehead atoms. The van der Waals surface area contributed by atoms with E-state index >= 15 is 0 Å².